The monoisotopic (exact) mass is 248 g/mol. The lowest BCUT2D eigenvalue weighted by molar-refractivity contribution is 0.244. The highest BCUT2D eigenvalue weighted by Gasteiger charge is 2.30. The molecule has 3 nitrogen and oxygen atoms in total. The van der Waals surface area contributed by atoms with Crippen molar-refractivity contribution in [3.05, 3.63) is 18.2 Å². The highest BCUT2D eigenvalue weighted by molar-refractivity contribution is 5.62. The van der Waals surface area contributed by atoms with Crippen LogP contribution in [-0.2, 0) is 0 Å². The van der Waals surface area contributed by atoms with Gasteiger partial charge in [0.1, 0.15) is 5.75 Å². The highest BCUT2D eigenvalue weighted by Crippen LogP contribution is 2.37. The van der Waals surface area contributed by atoms with Crippen LogP contribution in [0.4, 0.5) is 11.4 Å². The fourth-order valence-electron chi connectivity index (χ4n) is 2.23. The van der Waals surface area contributed by atoms with Gasteiger partial charge in [-0.25, -0.2) is 0 Å². The molecule has 1 aromatic rings. The van der Waals surface area contributed by atoms with Gasteiger partial charge in [-0.2, -0.15) is 0 Å². The van der Waals surface area contributed by atoms with Crippen LogP contribution in [0, 0.1) is 5.92 Å². The fraction of sp³-hybridized carbons (Fsp3) is 0.600. The highest BCUT2D eigenvalue weighted by atomic mass is 16.5. The molecule has 2 N–H and O–H groups in total. The van der Waals surface area contributed by atoms with Gasteiger partial charge in [0.15, 0.2) is 0 Å². The quantitative estimate of drug-likeness (QED) is 0.813. The number of hydrogen-bond acceptors (Lipinski definition) is 3. The second kappa shape index (κ2) is 5.09. The number of rotatable bonds is 5. The van der Waals surface area contributed by atoms with E-state index in [0.717, 1.165) is 11.7 Å². The third-order valence-electron chi connectivity index (χ3n) is 3.68. The van der Waals surface area contributed by atoms with Crippen molar-refractivity contribution >= 4 is 11.4 Å². The molecular weight excluding hydrogens is 224 g/mol. The molecule has 1 unspecified atom stereocenters. The minimum atomic E-state index is 0.147. The van der Waals surface area contributed by atoms with Gasteiger partial charge in [-0.05, 0) is 51.7 Å². The standard InChI is InChI=1S/C15H24N2O/c1-10(2)18-15-9-13(7-8-14(15)16)17(4)11(3)12-5-6-12/h7-12H,5-6,16H2,1-4H3. The maximum absolute atomic E-state index is 5.94. The molecule has 2 rings (SSSR count). The van der Waals surface area contributed by atoms with Crippen LogP contribution in [0.1, 0.15) is 33.6 Å². The van der Waals surface area contributed by atoms with Crippen molar-refractivity contribution in [3.63, 3.8) is 0 Å². The van der Waals surface area contributed by atoms with Crippen molar-refractivity contribution in [3.8, 4) is 5.75 Å². The van der Waals surface area contributed by atoms with Crippen molar-refractivity contribution in [2.75, 3.05) is 17.7 Å². The van der Waals surface area contributed by atoms with Crippen LogP contribution in [0.5, 0.6) is 5.75 Å². The van der Waals surface area contributed by atoms with Gasteiger partial charge in [-0.1, -0.05) is 0 Å². The van der Waals surface area contributed by atoms with E-state index in [4.69, 9.17) is 10.5 Å². The van der Waals surface area contributed by atoms with Crippen molar-refractivity contribution in [1.82, 2.24) is 0 Å². The summed E-state index contributed by atoms with van der Waals surface area (Å²) in [5.41, 5.74) is 7.83. The van der Waals surface area contributed by atoms with E-state index in [2.05, 4.69) is 24.9 Å². The summed E-state index contributed by atoms with van der Waals surface area (Å²) in [5.74, 6) is 1.64. The maximum atomic E-state index is 5.94. The number of ether oxygens (including phenoxy) is 1. The molecule has 0 saturated heterocycles. The van der Waals surface area contributed by atoms with Gasteiger partial charge in [0.25, 0.3) is 0 Å². The van der Waals surface area contributed by atoms with E-state index in [1.807, 2.05) is 26.0 Å². The first-order valence-corrected chi connectivity index (χ1v) is 6.78. The zero-order valence-corrected chi connectivity index (χ0v) is 11.8. The van der Waals surface area contributed by atoms with E-state index in [1.165, 1.54) is 18.5 Å². The minimum absolute atomic E-state index is 0.147. The maximum Gasteiger partial charge on any atom is 0.144 e. The Morgan fingerprint density at radius 1 is 1.28 bits per heavy atom. The molecule has 1 atom stereocenters. The minimum Gasteiger partial charge on any atom is -0.489 e. The Hall–Kier alpha value is -1.38. The normalized spacial score (nSPS) is 16.7. The third-order valence-corrected chi connectivity index (χ3v) is 3.68. The molecule has 0 spiro atoms. The van der Waals surface area contributed by atoms with Crippen LogP contribution in [0.25, 0.3) is 0 Å². The first kappa shape index (κ1) is 13.1. The number of nitrogen functional groups attached to an aromatic ring is 1. The van der Waals surface area contributed by atoms with Crippen molar-refractivity contribution in [1.29, 1.82) is 0 Å². The first-order valence-electron chi connectivity index (χ1n) is 6.78. The van der Waals surface area contributed by atoms with Crippen LogP contribution in [0.3, 0.4) is 0 Å². The number of anilines is 2. The molecular formula is C15H24N2O. The summed E-state index contributed by atoms with van der Waals surface area (Å²) < 4.78 is 5.74. The van der Waals surface area contributed by atoms with E-state index in [-0.39, 0.29) is 6.10 Å². The second-order valence-electron chi connectivity index (χ2n) is 5.58. The predicted octanol–water partition coefficient (Wildman–Crippen LogP) is 3.29. The molecule has 100 valence electrons. The molecule has 0 bridgehead atoms. The summed E-state index contributed by atoms with van der Waals surface area (Å²) in [6.07, 6.45) is 2.86. The first-order chi connectivity index (χ1) is 8.49. The van der Waals surface area contributed by atoms with Gasteiger partial charge < -0.3 is 15.4 Å². The summed E-state index contributed by atoms with van der Waals surface area (Å²) in [6.45, 7) is 6.32. The Morgan fingerprint density at radius 3 is 2.50 bits per heavy atom. The summed E-state index contributed by atoms with van der Waals surface area (Å²) in [6, 6.07) is 6.64. The molecule has 18 heavy (non-hydrogen) atoms. The Kier molecular flexibility index (Phi) is 3.69. The largest absolute Gasteiger partial charge is 0.489 e. The molecule has 0 heterocycles. The average Bonchev–Trinajstić information content (AvgIpc) is 3.13. The lowest BCUT2D eigenvalue weighted by atomic mass is 10.1. The van der Waals surface area contributed by atoms with Crippen LogP contribution < -0.4 is 15.4 Å². The van der Waals surface area contributed by atoms with E-state index >= 15 is 0 Å². The lowest BCUT2D eigenvalue weighted by Crippen LogP contribution is -2.30. The van der Waals surface area contributed by atoms with E-state index in [9.17, 15) is 0 Å². The van der Waals surface area contributed by atoms with E-state index in [0.29, 0.717) is 11.7 Å². The van der Waals surface area contributed by atoms with E-state index in [1.54, 1.807) is 0 Å². The third kappa shape index (κ3) is 2.89. The summed E-state index contributed by atoms with van der Waals surface area (Å²) in [5, 5.41) is 0. The number of hydrogen-bond donors (Lipinski definition) is 1. The lowest BCUT2D eigenvalue weighted by Gasteiger charge is -2.28. The molecule has 0 amide bonds. The zero-order valence-electron chi connectivity index (χ0n) is 11.8. The molecule has 0 aromatic heterocycles. The number of nitrogens with two attached hydrogens (primary N) is 1. The second-order valence-corrected chi connectivity index (χ2v) is 5.58. The SMILES string of the molecule is CC(C)Oc1cc(N(C)C(C)C2CC2)ccc1N. The van der Waals surface area contributed by atoms with Crippen LogP contribution >= 0.6 is 0 Å². The molecule has 1 aliphatic carbocycles. The number of nitrogens with zero attached hydrogens (tertiary/aromatic N) is 1. The molecule has 1 saturated carbocycles. The molecule has 1 fully saturated rings. The number of benzene rings is 1. The molecule has 1 aliphatic rings. The van der Waals surface area contributed by atoms with Gasteiger partial charge in [-0.3, -0.25) is 0 Å². The molecule has 1 aromatic carbocycles. The van der Waals surface area contributed by atoms with Gasteiger partial charge >= 0.3 is 0 Å². The van der Waals surface area contributed by atoms with Crippen LogP contribution in [0.15, 0.2) is 18.2 Å². The van der Waals surface area contributed by atoms with Gasteiger partial charge in [0, 0.05) is 24.8 Å². The van der Waals surface area contributed by atoms with Crippen LogP contribution in [0.2, 0.25) is 0 Å². The average molecular weight is 248 g/mol. The summed E-state index contributed by atoms with van der Waals surface area (Å²) in [4.78, 5) is 2.32. The van der Waals surface area contributed by atoms with Gasteiger partial charge in [0.05, 0.1) is 11.8 Å². The van der Waals surface area contributed by atoms with E-state index < -0.39 is 0 Å². The Morgan fingerprint density at radius 2 is 1.94 bits per heavy atom. The van der Waals surface area contributed by atoms with Gasteiger partial charge in [-0.15, -0.1) is 0 Å². The van der Waals surface area contributed by atoms with Crippen molar-refractivity contribution in [2.24, 2.45) is 5.92 Å². The Labute approximate surface area is 110 Å². The topological polar surface area (TPSA) is 38.5 Å². The molecule has 0 aliphatic heterocycles. The fourth-order valence-corrected chi connectivity index (χ4v) is 2.23. The summed E-state index contributed by atoms with van der Waals surface area (Å²) in [7, 11) is 2.15. The zero-order chi connectivity index (χ0) is 13.3. The Balaban J connectivity index is 2.17. The smallest absolute Gasteiger partial charge is 0.144 e. The predicted molar refractivity (Wildman–Crippen MR) is 77.2 cm³/mol. The summed E-state index contributed by atoms with van der Waals surface area (Å²) >= 11 is 0. The molecule has 0 radical (unpaired) electrons. The van der Waals surface area contributed by atoms with Crippen LogP contribution in [-0.4, -0.2) is 19.2 Å². The Bertz CT molecular complexity index is 413. The van der Waals surface area contributed by atoms with Gasteiger partial charge in [0.2, 0.25) is 0 Å². The van der Waals surface area contributed by atoms with Crippen molar-refractivity contribution < 1.29 is 4.74 Å². The molecule has 3 heteroatoms. The van der Waals surface area contributed by atoms with Crippen molar-refractivity contribution in [2.45, 2.75) is 45.8 Å².